The van der Waals surface area contributed by atoms with Crippen LogP contribution in [0.5, 0.6) is 0 Å². The summed E-state index contributed by atoms with van der Waals surface area (Å²) in [6.07, 6.45) is 5.94. The van der Waals surface area contributed by atoms with Crippen LogP contribution in [-0.2, 0) is 4.79 Å². The van der Waals surface area contributed by atoms with Gasteiger partial charge in [-0.3, -0.25) is 4.79 Å². The Bertz CT molecular complexity index is 603. The third kappa shape index (κ3) is 7.84. The van der Waals surface area contributed by atoms with E-state index in [1.54, 1.807) is 6.07 Å². The molecule has 152 valence electrons. The van der Waals surface area contributed by atoms with Crippen molar-refractivity contribution in [3.63, 3.8) is 0 Å². The second-order valence-corrected chi connectivity index (χ2v) is 8.46. The summed E-state index contributed by atoms with van der Waals surface area (Å²) in [5.41, 5.74) is 0. The van der Waals surface area contributed by atoms with Gasteiger partial charge in [0.1, 0.15) is 11.0 Å². The molecule has 27 heavy (non-hydrogen) atoms. The van der Waals surface area contributed by atoms with Gasteiger partial charge in [0.25, 0.3) is 0 Å². The molecule has 1 atom stereocenters. The lowest BCUT2D eigenvalue weighted by atomic mass is 10.0. The highest BCUT2D eigenvalue weighted by Crippen LogP contribution is 2.21. The molecule has 1 saturated heterocycles. The highest BCUT2D eigenvalue weighted by atomic mass is 35.5. The normalized spacial score (nSPS) is 17.7. The maximum Gasteiger partial charge on any atom is 0.230 e. The quantitative estimate of drug-likeness (QED) is 0.274. The molecular formula is C19H32ClN5OS. The van der Waals surface area contributed by atoms with Gasteiger partial charge in [-0.1, -0.05) is 36.7 Å². The van der Waals surface area contributed by atoms with Crippen molar-refractivity contribution in [1.29, 1.82) is 0 Å². The Balaban J connectivity index is 1.70. The molecule has 1 aromatic rings. The van der Waals surface area contributed by atoms with Gasteiger partial charge in [0, 0.05) is 38.8 Å². The van der Waals surface area contributed by atoms with E-state index in [1.165, 1.54) is 37.6 Å². The predicted octanol–water partition coefficient (Wildman–Crippen LogP) is 3.45. The number of thioether (sulfide) groups is 1. The highest BCUT2D eigenvalue weighted by Gasteiger charge is 2.17. The first kappa shape index (κ1) is 22.2. The Morgan fingerprint density at radius 3 is 3.00 bits per heavy atom. The van der Waals surface area contributed by atoms with Gasteiger partial charge < -0.3 is 15.1 Å². The van der Waals surface area contributed by atoms with Gasteiger partial charge in [-0.2, -0.15) is 0 Å². The van der Waals surface area contributed by atoms with Crippen molar-refractivity contribution in [2.45, 2.75) is 57.1 Å². The molecule has 6 nitrogen and oxygen atoms in total. The molecule has 1 unspecified atom stereocenters. The van der Waals surface area contributed by atoms with Crippen LogP contribution in [0.25, 0.3) is 0 Å². The molecule has 1 amide bonds. The molecule has 0 aliphatic carbocycles. The van der Waals surface area contributed by atoms with Gasteiger partial charge in [0.2, 0.25) is 5.91 Å². The van der Waals surface area contributed by atoms with E-state index in [0.29, 0.717) is 28.6 Å². The summed E-state index contributed by atoms with van der Waals surface area (Å²) in [6.45, 7) is 8.26. The number of likely N-dealkylation sites (tertiary alicyclic amines) is 1. The third-order valence-electron chi connectivity index (χ3n) is 4.83. The van der Waals surface area contributed by atoms with Gasteiger partial charge in [-0.15, -0.1) is 0 Å². The van der Waals surface area contributed by atoms with Crippen LogP contribution in [0, 0.1) is 0 Å². The minimum absolute atomic E-state index is 0.0127. The fraction of sp³-hybridized carbons (Fsp3) is 0.737. The van der Waals surface area contributed by atoms with E-state index in [4.69, 9.17) is 11.6 Å². The Labute approximate surface area is 172 Å². The monoisotopic (exact) mass is 413 g/mol. The molecule has 1 fully saturated rings. The van der Waals surface area contributed by atoms with Crippen LogP contribution in [0.15, 0.2) is 11.2 Å². The summed E-state index contributed by atoms with van der Waals surface area (Å²) in [6, 6.07) is 2.42. The average Bonchev–Trinajstić information content (AvgIpc) is 2.64. The zero-order valence-electron chi connectivity index (χ0n) is 16.7. The summed E-state index contributed by atoms with van der Waals surface area (Å²) in [5, 5.41) is 3.94. The van der Waals surface area contributed by atoms with Crippen LogP contribution in [0.1, 0.15) is 46.0 Å². The van der Waals surface area contributed by atoms with Crippen LogP contribution < -0.4 is 10.2 Å². The molecule has 0 spiro atoms. The summed E-state index contributed by atoms with van der Waals surface area (Å²) in [7, 11) is 1.98. The summed E-state index contributed by atoms with van der Waals surface area (Å²) < 4.78 is 0. The van der Waals surface area contributed by atoms with E-state index >= 15 is 0 Å². The minimum atomic E-state index is 0.0127. The topological polar surface area (TPSA) is 61.4 Å². The van der Waals surface area contributed by atoms with Crippen molar-refractivity contribution >= 4 is 35.1 Å². The molecule has 2 heterocycles. The Kier molecular flexibility index (Phi) is 9.65. The van der Waals surface area contributed by atoms with Crippen LogP contribution in [0.2, 0.25) is 5.15 Å². The lowest BCUT2D eigenvalue weighted by molar-refractivity contribution is -0.118. The molecule has 1 aromatic heterocycles. The molecule has 0 saturated carbocycles. The number of carbonyl (C=O) groups is 1. The smallest absolute Gasteiger partial charge is 0.230 e. The fourth-order valence-electron chi connectivity index (χ4n) is 3.28. The van der Waals surface area contributed by atoms with E-state index in [1.807, 2.05) is 11.9 Å². The lowest BCUT2D eigenvalue weighted by Gasteiger charge is -2.33. The van der Waals surface area contributed by atoms with Gasteiger partial charge in [0.15, 0.2) is 5.16 Å². The van der Waals surface area contributed by atoms with Gasteiger partial charge in [-0.25, -0.2) is 9.97 Å². The van der Waals surface area contributed by atoms with Crippen molar-refractivity contribution in [3.05, 3.63) is 11.2 Å². The molecule has 0 aromatic carbocycles. The first-order chi connectivity index (χ1) is 13.0. The standard InChI is InChI=1S/C19H32ClN5OS/c1-4-10-24(3)17-13-16(20)22-19(23-17)27-14-18(26)21-9-7-12-25-11-6-5-8-15(25)2/h13,15H,4-12,14H2,1-3H3,(H,21,26). The number of hydrogen-bond donors (Lipinski definition) is 1. The van der Waals surface area contributed by atoms with Gasteiger partial charge >= 0.3 is 0 Å². The van der Waals surface area contributed by atoms with E-state index in [2.05, 4.69) is 34.0 Å². The van der Waals surface area contributed by atoms with Crippen LogP contribution in [0.3, 0.4) is 0 Å². The number of hydrogen-bond acceptors (Lipinski definition) is 6. The summed E-state index contributed by atoms with van der Waals surface area (Å²) >= 11 is 7.42. The molecule has 1 aliphatic heterocycles. The Morgan fingerprint density at radius 1 is 1.44 bits per heavy atom. The van der Waals surface area contributed by atoms with E-state index in [9.17, 15) is 4.79 Å². The maximum atomic E-state index is 12.1. The molecule has 0 radical (unpaired) electrons. The van der Waals surface area contributed by atoms with E-state index in [-0.39, 0.29) is 5.91 Å². The van der Waals surface area contributed by atoms with Crippen molar-refractivity contribution in [2.24, 2.45) is 0 Å². The molecule has 2 rings (SSSR count). The zero-order chi connectivity index (χ0) is 19.6. The number of nitrogens with one attached hydrogen (secondary N) is 1. The molecule has 0 bridgehead atoms. The SMILES string of the molecule is CCCN(C)c1cc(Cl)nc(SCC(=O)NCCCN2CCCCC2C)n1. The average molecular weight is 414 g/mol. The van der Waals surface area contributed by atoms with Crippen molar-refractivity contribution in [2.75, 3.05) is 43.9 Å². The Morgan fingerprint density at radius 2 is 2.26 bits per heavy atom. The van der Waals surface area contributed by atoms with Gasteiger partial charge in [0.05, 0.1) is 5.75 Å². The number of carbonyl (C=O) groups excluding carboxylic acids is 1. The van der Waals surface area contributed by atoms with Crippen molar-refractivity contribution in [1.82, 2.24) is 20.2 Å². The number of nitrogens with zero attached hydrogens (tertiary/aromatic N) is 4. The Hall–Kier alpha value is -1.05. The fourth-order valence-corrected chi connectivity index (χ4v) is 4.19. The second kappa shape index (κ2) is 11.7. The maximum absolute atomic E-state index is 12.1. The predicted molar refractivity (Wildman–Crippen MR) is 114 cm³/mol. The number of amides is 1. The second-order valence-electron chi connectivity index (χ2n) is 7.13. The third-order valence-corrected chi connectivity index (χ3v) is 5.87. The highest BCUT2D eigenvalue weighted by molar-refractivity contribution is 7.99. The largest absolute Gasteiger partial charge is 0.360 e. The van der Waals surface area contributed by atoms with Crippen LogP contribution in [0.4, 0.5) is 5.82 Å². The first-order valence-corrected chi connectivity index (χ1v) is 11.2. The lowest BCUT2D eigenvalue weighted by Crippen LogP contribution is -2.39. The van der Waals surface area contributed by atoms with Crippen molar-refractivity contribution < 1.29 is 4.79 Å². The number of rotatable bonds is 10. The number of aromatic nitrogens is 2. The number of piperidine rings is 1. The van der Waals surface area contributed by atoms with Gasteiger partial charge in [-0.05, 0) is 39.2 Å². The van der Waals surface area contributed by atoms with E-state index in [0.717, 1.165) is 31.7 Å². The van der Waals surface area contributed by atoms with E-state index < -0.39 is 0 Å². The number of anilines is 1. The zero-order valence-corrected chi connectivity index (χ0v) is 18.3. The first-order valence-electron chi connectivity index (χ1n) is 9.89. The van der Waals surface area contributed by atoms with Crippen molar-refractivity contribution in [3.8, 4) is 0 Å². The minimum Gasteiger partial charge on any atom is -0.360 e. The molecule has 1 aliphatic rings. The summed E-state index contributed by atoms with van der Waals surface area (Å²) in [5.74, 6) is 1.10. The van der Waals surface area contributed by atoms with Crippen LogP contribution in [-0.4, -0.2) is 65.8 Å². The summed E-state index contributed by atoms with van der Waals surface area (Å²) in [4.78, 5) is 25.4. The molecule has 8 heteroatoms. The molecular weight excluding hydrogens is 382 g/mol. The van der Waals surface area contributed by atoms with Crippen LogP contribution >= 0.6 is 23.4 Å². The number of halogens is 1. The molecule has 1 N–H and O–H groups in total.